The summed E-state index contributed by atoms with van der Waals surface area (Å²) < 4.78 is 32.8. The van der Waals surface area contributed by atoms with E-state index in [0.29, 0.717) is 6.42 Å². The third-order valence-corrected chi connectivity index (χ3v) is 10.3. The average molecular weight is 772 g/mol. The van der Waals surface area contributed by atoms with Crippen molar-refractivity contribution in [1.29, 1.82) is 0 Å². The molecule has 0 aromatic rings. The lowest BCUT2D eigenvalue weighted by atomic mass is 10.1. The zero-order chi connectivity index (χ0) is 38.9. The van der Waals surface area contributed by atoms with Crippen LogP contribution in [-0.4, -0.2) is 49.3 Å². The highest BCUT2D eigenvalue weighted by Gasteiger charge is 2.26. The molecule has 3 N–H and O–H groups in total. The molecule has 1 unspecified atom stereocenters. The van der Waals surface area contributed by atoms with E-state index in [9.17, 15) is 19.0 Å². The lowest BCUT2D eigenvalue weighted by molar-refractivity contribution is -0.161. The van der Waals surface area contributed by atoms with Gasteiger partial charge in [-0.15, -0.1) is 0 Å². The zero-order valence-electron chi connectivity index (χ0n) is 34.3. The molecule has 0 amide bonds. The number of allylic oxidation sites excluding steroid dienone is 4. The minimum Gasteiger partial charge on any atom is -0.462 e. The molecular formula is C43H82NO8P. The molecule has 10 heteroatoms. The number of hydrogen-bond acceptors (Lipinski definition) is 8. The van der Waals surface area contributed by atoms with Gasteiger partial charge in [-0.05, 0) is 64.2 Å². The summed E-state index contributed by atoms with van der Waals surface area (Å²) in [5.41, 5.74) is 5.35. The number of ether oxygens (including phenoxy) is 2. The maximum absolute atomic E-state index is 12.6. The summed E-state index contributed by atoms with van der Waals surface area (Å²) in [7, 11) is -4.37. The van der Waals surface area contributed by atoms with Gasteiger partial charge in [0, 0.05) is 19.4 Å². The molecule has 0 spiro atoms. The van der Waals surface area contributed by atoms with Crippen LogP contribution in [0.1, 0.15) is 206 Å². The third-order valence-electron chi connectivity index (χ3n) is 9.31. The first kappa shape index (κ1) is 51.5. The summed E-state index contributed by atoms with van der Waals surface area (Å²) in [6.45, 7) is 3.72. The number of nitrogens with two attached hydrogens (primary N) is 1. The average Bonchev–Trinajstić information content (AvgIpc) is 3.14. The van der Waals surface area contributed by atoms with Crippen LogP contribution in [0.15, 0.2) is 24.3 Å². The lowest BCUT2D eigenvalue weighted by Gasteiger charge is -2.19. The molecule has 2 atom stereocenters. The van der Waals surface area contributed by atoms with Gasteiger partial charge < -0.3 is 20.1 Å². The van der Waals surface area contributed by atoms with Crippen LogP contribution in [-0.2, 0) is 32.7 Å². The van der Waals surface area contributed by atoms with E-state index < -0.39 is 26.5 Å². The first-order chi connectivity index (χ1) is 25.8. The number of esters is 2. The maximum Gasteiger partial charge on any atom is 0.472 e. The second kappa shape index (κ2) is 40.2. The quantitative estimate of drug-likeness (QED) is 0.0269. The molecule has 0 radical (unpaired) electrons. The van der Waals surface area contributed by atoms with Gasteiger partial charge in [0.05, 0.1) is 13.2 Å². The van der Waals surface area contributed by atoms with Crippen LogP contribution < -0.4 is 5.73 Å². The summed E-state index contributed by atoms with van der Waals surface area (Å²) in [5.74, 6) is -0.831. The summed E-state index contributed by atoms with van der Waals surface area (Å²) in [6, 6.07) is 0. The SMILES string of the molecule is CCCCCC/C=C/CCCCCCCCCCCC(=O)OC[C@H](COP(=O)(O)OCCN)OC(=O)CCCCCCCCC/C=C/CCCCCC. The molecule has 0 aromatic carbocycles. The van der Waals surface area contributed by atoms with E-state index in [4.69, 9.17) is 24.3 Å². The fourth-order valence-corrected chi connectivity index (χ4v) is 6.80. The van der Waals surface area contributed by atoms with Gasteiger partial charge >= 0.3 is 19.8 Å². The normalized spacial score (nSPS) is 13.5. The first-order valence-corrected chi connectivity index (χ1v) is 23.3. The minimum absolute atomic E-state index is 0.0535. The molecule has 53 heavy (non-hydrogen) atoms. The Morgan fingerprint density at radius 2 is 0.925 bits per heavy atom. The highest BCUT2D eigenvalue weighted by molar-refractivity contribution is 7.47. The highest BCUT2D eigenvalue weighted by atomic mass is 31.2. The van der Waals surface area contributed by atoms with Gasteiger partial charge in [-0.1, -0.05) is 154 Å². The van der Waals surface area contributed by atoms with Gasteiger partial charge in [0.2, 0.25) is 0 Å². The summed E-state index contributed by atoms with van der Waals surface area (Å²) in [4.78, 5) is 34.9. The molecule has 0 aliphatic carbocycles. The summed E-state index contributed by atoms with van der Waals surface area (Å²) >= 11 is 0. The highest BCUT2D eigenvalue weighted by Crippen LogP contribution is 2.43. The molecule has 0 rings (SSSR count). The van der Waals surface area contributed by atoms with Gasteiger partial charge in [0.15, 0.2) is 6.10 Å². The predicted octanol–water partition coefficient (Wildman–Crippen LogP) is 12.4. The van der Waals surface area contributed by atoms with Crippen molar-refractivity contribution >= 4 is 19.8 Å². The smallest absolute Gasteiger partial charge is 0.462 e. The Morgan fingerprint density at radius 1 is 0.547 bits per heavy atom. The molecular weight excluding hydrogens is 689 g/mol. The van der Waals surface area contributed by atoms with E-state index >= 15 is 0 Å². The van der Waals surface area contributed by atoms with Gasteiger partial charge in [0.1, 0.15) is 6.61 Å². The number of hydrogen-bond donors (Lipinski definition) is 2. The van der Waals surface area contributed by atoms with Crippen molar-refractivity contribution in [2.75, 3.05) is 26.4 Å². The van der Waals surface area contributed by atoms with Crippen LogP contribution in [0.2, 0.25) is 0 Å². The van der Waals surface area contributed by atoms with E-state index in [1.165, 1.54) is 128 Å². The van der Waals surface area contributed by atoms with Crippen LogP contribution in [0, 0.1) is 0 Å². The number of rotatable bonds is 41. The monoisotopic (exact) mass is 772 g/mol. The van der Waals surface area contributed by atoms with Crippen LogP contribution in [0.25, 0.3) is 0 Å². The molecule has 0 aliphatic heterocycles. The Labute approximate surface area is 325 Å². The van der Waals surface area contributed by atoms with Crippen molar-refractivity contribution in [3.05, 3.63) is 24.3 Å². The number of phosphoric acid groups is 1. The molecule has 312 valence electrons. The standard InChI is InChI=1S/C43H82NO8P/c1-3-5-7-9-11-13-15-17-19-20-22-23-25-27-29-31-33-35-42(45)49-39-41(40-51-53(47,48)50-38-37-44)52-43(46)36-34-32-30-28-26-24-21-18-16-14-12-10-8-6-4-2/h13-16,41H,3-12,17-40,44H2,1-2H3,(H,47,48)/b15-13+,16-14+/t41-/m1/s1. The fraction of sp³-hybridized carbons (Fsp3) is 0.860. The lowest BCUT2D eigenvalue weighted by Crippen LogP contribution is -2.29. The van der Waals surface area contributed by atoms with E-state index in [1.807, 2.05) is 0 Å². The van der Waals surface area contributed by atoms with Gasteiger partial charge in [-0.2, -0.15) is 0 Å². The summed E-state index contributed by atoms with van der Waals surface area (Å²) in [5, 5.41) is 0. The second-order valence-electron chi connectivity index (χ2n) is 14.6. The van der Waals surface area contributed by atoms with E-state index in [-0.39, 0.29) is 38.6 Å². The van der Waals surface area contributed by atoms with Crippen molar-refractivity contribution in [2.24, 2.45) is 5.73 Å². The van der Waals surface area contributed by atoms with E-state index in [1.54, 1.807) is 0 Å². The topological polar surface area (TPSA) is 134 Å². The molecule has 0 fully saturated rings. The van der Waals surface area contributed by atoms with Crippen molar-refractivity contribution in [2.45, 2.75) is 213 Å². The van der Waals surface area contributed by atoms with Crippen molar-refractivity contribution < 1.29 is 37.6 Å². The molecule has 0 aromatic heterocycles. The Balaban J connectivity index is 4.13. The van der Waals surface area contributed by atoms with Crippen molar-refractivity contribution in [3.8, 4) is 0 Å². The van der Waals surface area contributed by atoms with Crippen LogP contribution in [0.5, 0.6) is 0 Å². The van der Waals surface area contributed by atoms with Gasteiger partial charge in [-0.3, -0.25) is 18.6 Å². The van der Waals surface area contributed by atoms with Crippen LogP contribution in [0.3, 0.4) is 0 Å². The largest absolute Gasteiger partial charge is 0.472 e. The number of carbonyl (C=O) groups excluding carboxylic acids is 2. The molecule has 0 heterocycles. The molecule has 0 saturated carbocycles. The molecule has 0 bridgehead atoms. The number of carbonyl (C=O) groups is 2. The fourth-order valence-electron chi connectivity index (χ4n) is 6.04. The number of phosphoric ester groups is 1. The Kier molecular flexibility index (Phi) is 39.0. The van der Waals surface area contributed by atoms with Gasteiger partial charge in [0.25, 0.3) is 0 Å². The van der Waals surface area contributed by atoms with Crippen molar-refractivity contribution in [1.82, 2.24) is 0 Å². The predicted molar refractivity (Wildman–Crippen MR) is 220 cm³/mol. The Morgan fingerprint density at radius 3 is 1.34 bits per heavy atom. The Hall–Kier alpha value is -1.51. The first-order valence-electron chi connectivity index (χ1n) is 21.8. The molecule has 0 saturated heterocycles. The number of unbranched alkanes of at least 4 members (excludes halogenated alkanes) is 24. The minimum atomic E-state index is -4.37. The van der Waals surface area contributed by atoms with E-state index in [2.05, 4.69) is 38.2 Å². The second-order valence-corrected chi connectivity index (χ2v) is 16.0. The molecule has 0 aliphatic rings. The van der Waals surface area contributed by atoms with Crippen LogP contribution >= 0.6 is 7.82 Å². The molecule has 9 nitrogen and oxygen atoms in total. The van der Waals surface area contributed by atoms with Gasteiger partial charge in [-0.25, -0.2) is 4.57 Å². The Bertz CT molecular complexity index is 928. The maximum atomic E-state index is 12.6. The van der Waals surface area contributed by atoms with Crippen LogP contribution in [0.4, 0.5) is 0 Å². The van der Waals surface area contributed by atoms with Crippen molar-refractivity contribution in [3.63, 3.8) is 0 Å². The third kappa shape index (κ3) is 40.0. The van der Waals surface area contributed by atoms with E-state index in [0.717, 1.165) is 44.9 Å². The zero-order valence-corrected chi connectivity index (χ0v) is 35.2. The summed E-state index contributed by atoms with van der Waals surface area (Å²) in [6.07, 6.45) is 42.0.